The van der Waals surface area contributed by atoms with Gasteiger partial charge in [0.05, 0.1) is 7.11 Å². The summed E-state index contributed by atoms with van der Waals surface area (Å²) in [5.74, 6) is 8.46. The van der Waals surface area contributed by atoms with Gasteiger partial charge in [0.15, 0.2) is 0 Å². The van der Waals surface area contributed by atoms with E-state index >= 15 is 0 Å². The number of ether oxygens (including phenoxy) is 1. The highest BCUT2D eigenvalue weighted by atomic mass is 16.5. The second kappa shape index (κ2) is 13.2. The third-order valence-electron chi connectivity index (χ3n) is 8.25. The maximum atomic E-state index is 14.0. The van der Waals surface area contributed by atoms with E-state index in [1.807, 2.05) is 19.1 Å². The Kier molecular flexibility index (Phi) is 9.69. The van der Waals surface area contributed by atoms with Gasteiger partial charge in [-0.25, -0.2) is 0 Å². The van der Waals surface area contributed by atoms with Crippen molar-refractivity contribution in [1.82, 2.24) is 9.80 Å². The molecule has 1 heterocycles. The summed E-state index contributed by atoms with van der Waals surface area (Å²) in [4.78, 5) is 18.8. The molecule has 0 spiro atoms. The van der Waals surface area contributed by atoms with E-state index in [0.717, 1.165) is 75.5 Å². The minimum absolute atomic E-state index is 0.189. The van der Waals surface area contributed by atoms with Gasteiger partial charge in [0.25, 0.3) is 0 Å². The number of benzene rings is 1. The van der Waals surface area contributed by atoms with E-state index in [1.54, 1.807) is 7.11 Å². The van der Waals surface area contributed by atoms with Crippen molar-refractivity contribution in [2.75, 3.05) is 26.7 Å². The predicted molar refractivity (Wildman–Crippen MR) is 152 cm³/mol. The number of carbonyl (C=O) groups excluding carboxylic acids is 1. The van der Waals surface area contributed by atoms with Gasteiger partial charge in [-0.15, -0.1) is 5.92 Å². The number of carbonyl (C=O) groups is 1. The van der Waals surface area contributed by atoms with Crippen molar-refractivity contribution >= 4 is 5.91 Å². The minimum atomic E-state index is 0.189. The Morgan fingerprint density at radius 2 is 1.76 bits per heavy atom. The largest absolute Gasteiger partial charge is 0.497 e. The smallest absolute Gasteiger partial charge is 0.226 e. The lowest BCUT2D eigenvalue weighted by molar-refractivity contribution is -0.139. The average molecular weight is 501 g/mol. The van der Waals surface area contributed by atoms with Crippen LogP contribution in [0.4, 0.5) is 0 Å². The number of likely N-dealkylation sites (tertiary alicyclic amines) is 1. The molecular formula is C33H44N2O2. The quantitative estimate of drug-likeness (QED) is 0.399. The second-order valence-corrected chi connectivity index (χ2v) is 11.2. The molecule has 2 aliphatic carbocycles. The summed E-state index contributed by atoms with van der Waals surface area (Å²) < 4.78 is 5.30. The molecule has 0 unspecified atom stereocenters. The summed E-state index contributed by atoms with van der Waals surface area (Å²) >= 11 is 0. The molecule has 0 bridgehead atoms. The fraction of sp³-hybridized carbons (Fsp3) is 0.545. The standard InChI is InChI=1S/C33H44N2O2/c1-5-6-27-9-10-29(22-26(3)21-27)24-35(33(36)30-13-7-25(2)8-14-30)31-17-19-34(20-18-31)23-28-11-15-32(37-4)16-12-28/h9,11-12,15-16,21-22,25,30-31H,7-8,10,13-14,17-20,23-24H2,1-4H3. The molecule has 1 saturated carbocycles. The Labute approximate surface area is 224 Å². The third-order valence-corrected chi connectivity index (χ3v) is 8.25. The molecule has 3 aliphatic rings. The lowest BCUT2D eigenvalue weighted by atomic mass is 9.82. The highest BCUT2D eigenvalue weighted by Gasteiger charge is 2.34. The van der Waals surface area contributed by atoms with Crippen molar-refractivity contribution < 1.29 is 9.53 Å². The molecule has 0 N–H and O–H groups in total. The Morgan fingerprint density at radius 1 is 1.05 bits per heavy atom. The van der Waals surface area contributed by atoms with Crippen molar-refractivity contribution in [2.24, 2.45) is 11.8 Å². The molecule has 1 aromatic rings. The van der Waals surface area contributed by atoms with Crippen LogP contribution in [0.15, 0.2) is 59.2 Å². The number of hydrogen-bond donors (Lipinski definition) is 0. The molecule has 1 amide bonds. The summed E-state index contributed by atoms with van der Waals surface area (Å²) in [5, 5.41) is 0. The van der Waals surface area contributed by atoms with Crippen LogP contribution in [0, 0.1) is 23.7 Å². The van der Waals surface area contributed by atoms with E-state index < -0.39 is 0 Å². The first-order chi connectivity index (χ1) is 17.9. The molecule has 1 aromatic carbocycles. The highest BCUT2D eigenvalue weighted by molar-refractivity contribution is 5.79. The summed E-state index contributed by atoms with van der Waals surface area (Å²) in [6.07, 6.45) is 14.0. The number of methoxy groups -OCH3 is 1. The van der Waals surface area contributed by atoms with Gasteiger partial charge in [-0.3, -0.25) is 9.69 Å². The first-order valence-electron chi connectivity index (χ1n) is 14.1. The monoisotopic (exact) mass is 500 g/mol. The first-order valence-corrected chi connectivity index (χ1v) is 14.1. The van der Waals surface area contributed by atoms with Crippen LogP contribution in [-0.4, -0.2) is 48.5 Å². The van der Waals surface area contributed by atoms with Gasteiger partial charge >= 0.3 is 0 Å². The minimum Gasteiger partial charge on any atom is -0.497 e. The topological polar surface area (TPSA) is 32.8 Å². The zero-order valence-electron chi connectivity index (χ0n) is 23.3. The molecular weight excluding hydrogens is 456 g/mol. The zero-order valence-corrected chi connectivity index (χ0v) is 23.3. The Bertz CT molecular complexity index is 1070. The van der Waals surface area contributed by atoms with Crippen molar-refractivity contribution in [1.29, 1.82) is 0 Å². The van der Waals surface area contributed by atoms with Crippen molar-refractivity contribution in [3.8, 4) is 17.6 Å². The zero-order chi connectivity index (χ0) is 26.2. The lowest BCUT2D eigenvalue weighted by Crippen LogP contribution is -2.50. The van der Waals surface area contributed by atoms with Crippen molar-refractivity contribution in [3.63, 3.8) is 0 Å². The van der Waals surface area contributed by atoms with Crippen LogP contribution in [0.25, 0.3) is 0 Å². The number of allylic oxidation sites excluding steroid dienone is 5. The van der Waals surface area contributed by atoms with Crippen LogP contribution in [0.1, 0.15) is 71.3 Å². The molecule has 0 aromatic heterocycles. The van der Waals surface area contributed by atoms with Crippen LogP contribution in [0.2, 0.25) is 0 Å². The molecule has 1 saturated heterocycles. The van der Waals surface area contributed by atoms with E-state index in [9.17, 15) is 4.79 Å². The fourth-order valence-corrected chi connectivity index (χ4v) is 6.04. The normalized spacial score (nSPS) is 23.1. The average Bonchev–Trinajstić information content (AvgIpc) is 3.09. The van der Waals surface area contributed by atoms with Crippen LogP contribution in [0.5, 0.6) is 5.75 Å². The van der Waals surface area contributed by atoms with E-state index in [1.165, 1.54) is 29.6 Å². The summed E-state index contributed by atoms with van der Waals surface area (Å²) in [6.45, 7) is 10.1. The SMILES string of the molecule is CC#CC1=CCC(CN(C(=O)C2CCC(C)CC2)C2CCN(Cc3ccc(OC)cc3)CC2)=CC(C)=C1. The maximum absolute atomic E-state index is 14.0. The molecule has 1 aliphatic heterocycles. The summed E-state index contributed by atoms with van der Waals surface area (Å²) in [6, 6.07) is 8.70. The molecule has 4 rings (SSSR count). The van der Waals surface area contributed by atoms with Crippen LogP contribution in [-0.2, 0) is 11.3 Å². The van der Waals surface area contributed by atoms with Gasteiger partial charge in [-0.05, 0) is 99.6 Å². The highest BCUT2D eigenvalue weighted by Crippen LogP contribution is 2.32. The number of piperidine rings is 1. The van der Waals surface area contributed by atoms with Crippen molar-refractivity contribution in [3.05, 3.63) is 64.8 Å². The van der Waals surface area contributed by atoms with Gasteiger partial charge in [-0.2, -0.15) is 0 Å². The van der Waals surface area contributed by atoms with E-state index in [4.69, 9.17) is 4.74 Å². The van der Waals surface area contributed by atoms with E-state index in [-0.39, 0.29) is 5.92 Å². The number of rotatable bonds is 7. The molecule has 198 valence electrons. The second-order valence-electron chi connectivity index (χ2n) is 11.2. The summed E-state index contributed by atoms with van der Waals surface area (Å²) in [5.41, 5.74) is 4.93. The molecule has 37 heavy (non-hydrogen) atoms. The molecule has 4 heteroatoms. The maximum Gasteiger partial charge on any atom is 0.226 e. The Balaban J connectivity index is 1.44. The number of hydrogen-bond acceptors (Lipinski definition) is 3. The van der Waals surface area contributed by atoms with Gasteiger partial charge in [0.2, 0.25) is 5.91 Å². The first kappa shape index (κ1) is 27.3. The summed E-state index contributed by atoms with van der Waals surface area (Å²) in [7, 11) is 1.71. The molecule has 4 nitrogen and oxygen atoms in total. The number of amides is 1. The fourth-order valence-electron chi connectivity index (χ4n) is 6.04. The van der Waals surface area contributed by atoms with Crippen molar-refractivity contribution in [2.45, 2.75) is 78.3 Å². The van der Waals surface area contributed by atoms with Crippen LogP contribution >= 0.6 is 0 Å². The molecule has 0 radical (unpaired) electrons. The number of nitrogens with zero attached hydrogens (tertiary/aromatic N) is 2. The van der Waals surface area contributed by atoms with E-state index in [0.29, 0.717) is 11.9 Å². The predicted octanol–water partition coefficient (Wildman–Crippen LogP) is 6.54. The van der Waals surface area contributed by atoms with Gasteiger partial charge in [-0.1, -0.05) is 37.1 Å². The Morgan fingerprint density at radius 3 is 2.41 bits per heavy atom. The van der Waals surface area contributed by atoms with Gasteiger partial charge in [0.1, 0.15) is 5.75 Å². The molecule has 2 fully saturated rings. The van der Waals surface area contributed by atoms with E-state index in [2.05, 4.69) is 65.8 Å². The Hall–Kier alpha value is -2.77. The molecule has 0 atom stereocenters. The van der Waals surface area contributed by atoms with Crippen LogP contribution in [0.3, 0.4) is 0 Å². The van der Waals surface area contributed by atoms with Crippen LogP contribution < -0.4 is 4.74 Å². The van der Waals surface area contributed by atoms with Gasteiger partial charge in [0, 0.05) is 43.7 Å². The lowest BCUT2D eigenvalue weighted by Gasteiger charge is -2.41. The third kappa shape index (κ3) is 7.62. The van der Waals surface area contributed by atoms with Gasteiger partial charge < -0.3 is 9.64 Å².